The summed E-state index contributed by atoms with van der Waals surface area (Å²) in [4.78, 5) is 0. The summed E-state index contributed by atoms with van der Waals surface area (Å²) in [7, 11) is -3.24. The summed E-state index contributed by atoms with van der Waals surface area (Å²) in [5.74, 6) is 0.737. The van der Waals surface area contributed by atoms with Crippen LogP contribution in [0.4, 0.5) is 0 Å². The van der Waals surface area contributed by atoms with E-state index in [4.69, 9.17) is 4.74 Å². The number of sulfonamides is 1. The van der Waals surface area contributed by atoms with Gasteiger partial charge < -0.3 is 4.74 Å². The van der Waals surface area contributed by atoms with Gasteiger partial charge in [0.1, 0.15) is 17.0 Å². The highest BCUT2D eigenvalue weighted by Crippen LogP contribution is 2.11. The van der Waals surface area contributed by atoms with Crippen molar-refractivity contribution in [3.05, 3.63) is 29.8 Å². The third-order valence-corrected chi connectivity index (χ3v) is 4.90. The van der Waals surface area contributed by atoms with E-state index in [1.165, 1.54) is 0 Å². The van der Waals surface area contributed by atoms with Crippen LogP contribution in [0.25, 0.3) is 0 Å². The second-order valence-electron chi connectivity index (χ2n) is 3.87. The Hall–Kier alpha value is -0.590. The van der Waals surface area contributed by atoms with Crippen LogP contribution in [-0.2, 0) is 10.0 Å². The van der Waals surface area contributed by atoms with Crippen molar-refractivity contribution in [2.75, 3.05) is 11.3 Å². The maximum Gasteiger partial charge on any atom is 0.221 e. The van der Waals surface area contributed by atoms with Gasteiger partial charge in [-0.3, -0.25) is 0 Å². The number of rotatable bonds is 6. The zero-order chi connectivity index (χ0) is 12.9. The van der Waals surface area contributed by atoms with Gasteiger partial charge in [0.2, 0.25) is 10.0 Å². The third kappa shape index (κ3) is 5.52. The lowest BCUT2D eigenvalue weighted by molar-refractivity contribution is 0.287. The Morgan fingerprint density at radius 2 is 1.94 bits per heavy atom. The maximum atomic E-state index is 11.3. The molecule has 1 N–H and O–H groups in total. The molecule has 0 bridgehead atoms. The zero-order valence-electron chi connectivity index (χ0n) is 9.81. The van der Waals surface area contributed by atoms with E-state index < -0.39 is 10.0 Å². The van der Waals surface area contributed by atoms with Crippen LogP contribution >= 0.6 is 15.9 Å². The summed E-state index contributed by atoms with van der Waals surface area (Å²) in [6, 6.07) is 7.35. The van der Waals surface area contributed by atoms with Gasteiger partial charge in [0, 0.05) is 0 Å². The summed E-state index contributed by atoms with van der Waals surface area (Å²) in [5, 5.41) is 0. The van der Waals surface area contributed by atoms with Crippen LogP contribution < -0.4 is 9.46 Å². The first kappa shape index (κ1) is 14.5. The highest BCUT2D eigenvalue weighted by atomic mass is 79.9. The van der Waals surface area contributed by atoms with E-state index in [9.17, 15) is 8.42 Å². The molecule has 4 nitrogen and oxygen atoms in total. The lowest BCUT2D eigenvalue weighted by Crippen LogP contribution is -2.37. The van der Waals surface area contributed by atoms with Crippen molar-refractivity contribution >= 4 is 26.0 Å². The molecular formula is C11H16BrNO3S. The summed E-state index contributed by atoms with van der Waals surface area (Å²) < 4.78 is 30.4. The fourth-order valence-corrected chi connectivity index (χ4v) is 2.37. The van der Waals surface area contributed by atoms with Gasteiger partial charge >= 0.3 is 0 Å². The molecule has 96 valence electrons. The van der Waals surface area contributed by atoms with E-state index in [1.54, 1.807) is 6.92 Å². The predicted molar refractivity (Wildman–Crippen MR) is 72.0 cm³/mol. The second-order valence-corrected chi connectivity index (χ2v) is 6.92. The Labute approximate surface area is 111 Å². The van der Waals surface area contributed by atoms with Gasteiger partial charge in [-0.15, -0.1) is 0 Å². The number of nitrogens with one attached hydrogen (secondary N) is 1. The molecule has 1 aromatic rings. The van der Waals surface area contributed by atoms with Crippen LogP contribution in [0.1, 0.15) is 12.5 Å². The fourth-order valence-electron chi connectivity index (χ4n) is 1.23. The molecule has 0 spiro atoms. The van der Waals surface area contributed by atoms with Crippen LogP contribution in [0.5, 0.6) is 5.75 Å². The molecule has 0 saturated carbocycles. The van der Waals surface area contributed by atoms with E-state index in [-0.39, 0.29) is 10.7 Å². The molecule has 0 fully saturated rings. The molecule has 0 aromatic heterocycles. The van der Waals surface area contributed by atoms with E-state index in [2.05, 4.69) is 20.7 Å². The fraction of sp³-hybridized carbons (Fsp3) is 0.455. The summed E-state index contributed by atoms with van der Waals surface area (Å²) in [5.41, 5.74) is 1.16. The molecule has 1 rings (SSSR count). The highest BCUT2D eigenvalue weighted by Gasteiger charge is 2.12. The normalized spacial score (nSPS) is 13.4. The Balaban J connectivity index is 2.43. The molecule has 0 saturated heterocycles. The molecule has 0 radical (unpaired) electrons. The molecule has 0 aliphatic heterocycles. The average molecular weight is 322 g/mol. The molecule has 0 aliphatic rings. The number of benzene rings is 1. The van der Waals surface area contributed by atoms with Crippen molar-refractivity contribution in [2.45, 2.75) is 19.9 Å². The molecule has 6 heteroatoms. The highest BCUT2D eigenvalue weighted by molar-refractivity contribution is 9.10. The minimum atomic E-state index is -3.24. The minimum Gasteiger partial charge on any atom is -0.492 e. The number of aryl methyl sites for hydroxylation is 1. The number of hydrogen-bond acceptors (Lipinski definition) is 3. The SMILES string of the molecule is Cc1ccc(OCC(C)NS(=O)(=O)CBr)cc1. The second kappa shape index (κ2) is 6.37. The summed E-state index contributed by atoms with van der Waals surface area (Å²) in [6.07, 6.45) is 0. The minimum absolute atomic E-state index is 0.102. The van der Waals surface area contributed by atoms with Crippen molar-refractivity contribution in [3.8, 4) is 5.75 Å². The Morgan fingerprint density at radius 3 is 2.47 bits per heavy atom. The van der Waals surface area contributed by atoms with Crippen molar-refractivity contribution in [3.63, 3.8) is 0 Å². The van der Waals surface area contributed by atoms with Gasteiger partial charge in [-0.2, -0.15) is 0 Å². The summed E-state index contributed by atoms with van der Waals surface area (Å²) >= 11 is 2.91. The maximum absolute atomic E-state index is 11.3. The summed E-state index contributed by atoms with van der Waals surface area (Å²) in [6.45, 7) is 4.06. The van der Waals surface area contributed by atoms with Crippen molar-refractivity contribution < 1.29 is 13.2 Å². The van der Waals surface area contributed by atoms with Crippen molar-refractivity contribution in [2.24, 2.45) is 0 Å². The van der Waals surface area contributed by atoms with Crippen LogP contribution in [0.3, 0.4) is 0 Å². The third-order valence-electron chi connectivity index (χ3n) is 2.05. The monoisotopic (exact) mass is 321 g/mol. The molecule has 0 heterocycles. The molecule has 1 atom stereocenters. The van der Waals surface area contributed by atoms with Crippen LogP contribution in [0.15, 0.2) is 24.3 Å². The van der Waals surface area contributed by atoms with Gasteiger partial charge in [-0.05, 0) is 26.0 Å². The molecule has 17 heavy (non-hydrogen) atoms. The quantitative estimate of drug-likeness (QED) is 0.816. The smallest absolute Gasteiger partial charge is 0.221 e. The predicted octanol–water partition coefficient (Wildman–Crippen LogP) is 2.03. The lowest BCUT2D eigenvalue weighted by Gasteiger charge is -2.14. The van der Waals surface area contributed by atoms with Crippen LogP contribution in [0, 0.1) is 6.92 Å². The van der Waals surface area contributed by atoms with Crippen molar-refractivity contribution in [1.29, 1.82) is 0 Å². The van der Waals surface area contributed by atoms with Crippen molar-refractivity contribution in [1.82, 2.24) is 4.72 Å². The molecule has 1 aromatic carbocycles. The van der Waals surface area contributed by atoms with Gasteiger partial charge in [0.15, 0.2) is 0 Å². The topological polar surface area (TPSA) is 55.4 Å². The first-order chi connectivity index (χ1) is 7.93. The molecule has 0 aliphatic carbocycles. The number of halogens is 1. The molecular weight excluding hydrogens is 306 g/mol. The Morgan fingerprint density at radius 1 is 1.35 bits per heavy atom. The van der Waals surface area contributed by atoms with E-state index >= 15 is 0 Å². The van der Waals surface area contributed by atoms with Gasteiger partial charge in [-0.1, -0.05) is 33.6 Å². The van der Waals surface area contributed by atoms with Gasteiger partial charge in [0.05, 0.1) is 6.04 Å². The van der Waals surface area contributed by atoms with E-state index in [0.717, 1.165) is 11.3 Å². The largest absolute Gasteiger partial charge is 0.492 e. The number of alkyl halides is 1. The van der Waals surface area contributed by atoms with Crippen LogP contribution in [-0.4, -0.2) is 25.7 Å². The first-order valence-corrected chi connectivity index (χ1v) is 7.96. The standard InChI is InChI=1S/C11H16BrNO3S/c1-9-3-5-11(6-4-9)16-7-10(2)13-17(14,15)8-12/h3-6,10,13H,7-8H2,1-2H3. The van der Waals surface area contributed by atoms with Gasteiger partial charge in [0.25, 0.3) is 0 Å². The molecule has 1 unspecified atom stereocenters. The number of ether oxygens (including phenoxy) is 1. The average Bonchev–Trinajstić information content (AvgIpc) is 2.28. The van der Waals surface area contributed by atoms with Gasteiger partial charge in [-0.25, -0.2) is 13.1 Å². The lowest BCUT2D eigenvalue weighted by atomic mass is 10.2. The first-order valence-electron chi connectivity index (χ1n) is 5.18. The van der Waals surface area contributed by atoms with Crippen LogP contribution in [0.2, 0.25) is 0 Å². The Kier molecular flexibility index (Phi) is 5.42. The number of hydrogen-bond donors (Lipinski definition) is 1. The Bertz CT molecular complexity index is 444. The molecule has 0 amide bonds. The zero-order valence-corrected chi connectivity index (χ0v) is 12.2. The van der Waals surface area contributed by atoms with E-state index in [1.807, 2.05) is 31.2 Å². The van der Waals surface area contributed by atoms with E-state index in [0.29, 0.717) is 6.61 Å².